The largest absolute Gasteiger partial charge is 0.205 e. The van der Waals surface area contributed by atoms with Gasteiger partial charge < -0.3 is 0 Å². The Morgan fingerprint density at radius 1 is 1.15 bits per heavy atom. The molecule has 0 atom stereocenters. The molecule has 0 radical (unpaired) electrons. The average Bonchev–Trinajstić information content (AvgIpc) is 2.18. The number of rotatable bonds is 1. The van der Waals surface area contributed by atoms with Crippen LogP contribution in [0.5, 0.6) is 0 Å². The van der Waals surface area contributed by atoms with Crippen LogP contribution in [0.25, 0.3) is 10.8 Å². The Labute approximate surface area is 78.6 Å². The summed E-state index contributed by atoms with van der Waals surface area (Å²) in [6.45, 7) is 2.20. The van der Waals surface area contributed by atoms with Gasteiger partial charge in [0.1, 0.15) is 7.05 Å². The van der Waals surface area contributed by atoms with E-state index >= 15 is 0 Å². The Kier molecular flexibility index (Phi) is 2.01. The van der Waals surface area contributed by atoms with Crippen LogP contribution < -0.4 is 4.57 Å². The van der Waals surface area contributed by atoms with Gasteiger partial charge in [0.25, 0.3) is 0 Å². The molecule has 1 nitrogen and oxygen atoms in total. The van der Waals surface area contributed by atoms with Gasteiger partial charge in [0.05, 0.1) is 0 Å². The van der Waals surface area contributed by atoms with Gasteiger partial charge in [-0.15, -0.1) is 0 Å². The van der Waals surface area contributed by atoms with Crippen molar-refractivity contribution in [2.45, 2.75) is 13.3 Å². The van der Waals surface area contributed by atoms with Gasteiger partial charge in [0.2, 0.25) is 0 Å². The molecule has 0 amide bonds. The molecule has 0 spiro atoms. The molecule has 1 heteroatoms. The topological polar surface area (TPSA) is 3.88 Å². The van der Waals surface area contributed by atoms with Crippen LogP contribution >= 0.6 is 0 Å². The highest BCUT2D eigenvalue weighted by Crippen LogP contribution is 2.14. The molecule has 0 saturated carbocycles. The first-order valence-electron chi connectivity index (χ1n) is 4.69. The van der Waals surface area contributed by atoms with Gasteiger partial charge in [0, 0.05) is 17.9 Å². The molecule has 2 aromatic rings. The van der Waals surface area contributed by atoms with E-state index in [9.17, 15) is 0 Å². The maximum Gasteiger partial charge on any atom is 0.188 e. The fourth-order valence-electron chi connectivity index (χ4n) is 1.82. The molecule has 66 valence electrons. The number of nitrogens with zero attached hydrogens (tertiary/aromatic N) is 1. The van der Waals surface area contributed by atoms with E-state index in [0.29, 0.717) is 0 Å². The van der Waals surface area contributed by atoms with E-state index in [0.717, 1.165) is 6.42 Å². The lowest BCUT2D eigenvalue weighted by atomic mass is 10.1. The van der Waals surface area contributed by atoms with Crippen molar-refractivity contribution in [2.75, 3.05) is 0 Å². The second-order valence-corrected chi connectivity index (χ2v) is 3.31. The third-order valence-corrected chi connectivity index (χ3v) is 2.51. The van der Waals surface area contributed by atoms with Gasteiger partial charge in [0.15, 0.2) is 11.9 Å². The normalized spacial score (nSPS) is 10.6. The highest BCUT2D eigenvalue weighted by Gasteiger charge is 2.07. The van der Waals surface area contributed by atoms with Crippen LogP contribution in [0.1, 0.15) is 12.6 Å². The quantitative estimate of drug-likeness (QED) is 0.581. The number of pyridine rings is 1. The summed E-state index contributed by atoms with van der Waals surface area (Å²) in [5.74, 6) is 0. The summed E-state index contributed by atoms with van der Waals surface area (Å²) >= 11 is 0. The van der Waals surface area contributed by atoms with Crippen molar-refractivity contribution >= 4 is 10.8 Å². The smallest absolute Gasteiger partial charge is 0.188 e. The Hall–Kier alpha value is -1.37. The van der Waals surface area contributed by atoms with E-state index in [1.165, 1.54) is 16.5 Å². The third-order valence-electron chi connectivity index (χ3n) is 2.51. The standard InChI is InChI=1S/C12H14N/c1-3-12-11-7-5-4-6-10(11)8-9-13(12)2/h4-9H,3H2,1-2H3/q+1. The highest BCUT2D eigenvalue weighted by molar-refractivity contribution is 5.83. The zero-order valence-corrected chi connectivity index (χ0v) is 8.12. The first-order valence-corrected chi connectivity index (χ1v) is 4.69. The lowest BCUT2D eigenvalue weighted by Crippen LogP contribution is -2.32. The SMILES string of the molecule is CCc1c2ccccc2cc[n+]1C. The van der Waals surface area contributed by atoms with E-state index in [4.69, 9.17) is 0 Å². The van der Waals surface area contributed by atoms with Gasteiger partial charge in [-0.25, -0.2) is 4.57 Å². The van der Waals surface area contributed by atoms with E-state index in [1.807, 2.05) is 0 Å². The van der Waals surface area contributed by atoms with Crippen LogP contribution in [0.3, 0.4) is 0 Å². The summed E-state index contributed by atoms with van der Waals surface area (Å²) in [6.07, 6.45) is 3.21. The van der Waals surface area contributed by atoms with Crippen molar-refractivity contribution in [1.29, 1.82) is 0 Å². The second kappa shape index (κ2) is 3.17. The summed E-state index contributed by atoms with van der Waals surface area (Å²) in [5.41, 5.74) is 1.40. The number of hydrogen-bond acceptors (Lipinski definition) is 0. The fourth-order valence-corrected chi connectivity index (χ4v) is 1.82. The molecule has 0 unspecified atom stereocenters. The van der Waals surface area contributed by atoms with Crippen molar-refractivity contribution in [3.05, 3.63) is 42.2 Å². The average molecular weight is 172 g/mol. The van der Waals surface area contributed by atoms with E-state index in [-0.39, 0.29) is 0 Å². The van der Waals surface area contributed by atoms with E-state index in [1.54, 1.807) is 0 Å². The number of fused-ring (bicyclic) bond motifs is 1. The van der Waals surface area contributed by atoms with E-state index < -0.39 is 0 Å². The lowest BCUT2D eigenvalue weighted by molar-refractivity contribution is -0.677. The number of aryl methyl sites for hydroxylation is 2. The fraction of sp³-hybridized carbons (Fsp3) is 0.250. The summed E-state index contributed by atoms with van der Waals surface area (Å²) in [5, 5.41) is 2.70. The number of benzene rings is 1. The molecule has 0 saturated heterocycles. The van der Waals surface area contributed by atoms with Crippen LogP contribution in [0, 0.1) is 0 Å². The molecule has 0 aliphatic heterocycles. The van der Waals surface area contributed by atoms with Crippen LogP contribution in [0.2, 0.25) is 0 Å². The van der Waals surface area contributed by atoms with Gasteiger partial charge in [-0.1, -0.05) is 25.1 Å². The maximum absolute atomic E-state index is 2.20. The van der Waals surface area contributed by atoms with Gasteiger partial charge in [-0.3, -0.25) is 0 Å². The zero-order chi connectivity index (χ0) is 9.26. The molecular weight excluding hydrogens is 158 g/mol. The molecule has 0 aliphatic carbocycles. The first kappa shape index (κ1) is 8.24. The maximum atomic E-state index is 2.20. The summed E-state index contributed by atoms with van der Waals surface area (Å²) in [4.78, 5) is 0. The molecule has 13 heavy (non-hydrogen) atoms. The lowest BCUT2D eigenvalue weighted by Gasteiger charge is -2.01. The van der Waals surface area contributed by atoms with Crippen molar-refractivity contribution < 1.29 is 4.57 Å². The van der Waals surface area contributed by atoms with Crippen molar-refractivity contribution in [3.63, 3.8) is 0 Å². The summed E-state index contributed by atoms with van der Waals surface area (Å²) in [7, 11) is 2.10. The van der Waals surface area contributed by atoms with Crippen molar-refractivity contribution in [2.24, 2.45) is 7.05 Å². The molecule has 1 aromatic heterocycles. The summed E-state index contributed by atoms with van der Waals surface area (Å²) < 4.78 is 2.20. The summed E-state index contributed by atoms with van der Waals surface area (Å²) in [6, 6.07) is 10.7. The Bertz CT molecular complexity index is 432. The first-order chi connectivity index (χ1) is 6.33. The minimum absolute atomic E-state index is 1.08. The van der Waals surface area contributed by atoms with Gasteiger partial charge in [-0.05, 0) is 11.5 Å². The minimum Gasteiger partial charge on any atom is -0.205 e. The number of hydrogen-bond donors (Lipinski definition) is 0. The van der Waals surface area contributed by atoms with Crippen molar-refractivity contribution in [1.82, 2.24) is 0 Å². The molecular formula is C12H14N+. The molecule has 0 fully saturated rings. The minimum atomic E-state index is 1.08. The number of aromatic nitrogens is 1. The predicted octanol–water partition coefficient (Wildman–Crippen LogP) is 2.23. The second-order valence-electron chi connectivity index (χ2n) is 3.31. The third kappa shape index (κ3) is 1.31. The van der Waals surface area contributed by atoms with Crippen LogP contribution in [-0.2, 0) is 13.5 Å². The molecule has 1 aromatic carbocycles. The predicted molar refractivity (Wildman–Crippen MR) is 54.5 cm³/mol. The van der Waals surface area contributed by atoms with Gasteiger partial charge in [-0.2, -0.15) is 0 Å². The highest BCUT2D eigenvalue weighted by atomic mass is 14.9. The zero-order valence-electron chi connectivity index (χ0n) is 8.12. The van der Waals surface area contributed by atoms with Crippen LogP contribution in [-0.4, -0.2) is 0 Å². The molecule has 2 rings (SSSR count). The van der Waals surface area contributed by atoms with Crippen LogP contribution in [0.4, 0.5) is 0 Å². The van der Waals surface area contributed by atoms with Crippen LogP contribution in [0.15, 0.2) is 36.5 Å². The van der Waals surface area contributed by atoms with Gasteiger partial charge >= 0.3 is 0 Å². The molecule has 0 aliphatic rings. The van der Waals surface area contributed by atoms with E-state index in [2.05, 4.69) is 55.1 Å². The Balaban J connectivity index is 2.84. The molecule has 0 N–H and O–H groups in total. The Morgan fingerprint density at radius 2 is 1.92 bits per heavy atom. The van der Waals surface area contributed by atoms with Crippen molar-refractivity contribution in [3.8, 4) is 0 Å². The molecule has 1 heterocycles. The monoisotopic (exact) mass is 172 g/mol. The molecule has 0 bridgehead atoms. The Morgan fingerprint density at radius 3 is 2.69 bits per heavy atom.